The van der Waals surface area contributed by atoms with E-state index in [1.807, 2.05) is 0 Å². The Kier molecular flexibility index (Phi) is 4.17. The molecule has 0 fully saturated rings. The van der Waals surface area contributed by atoms with Gasteiger partial charge >= 0.3 is 0 Å². The van der Waals surface area contributed by atoms with E-state index in [4.69, 9.17) is 11.5 Å². The van der Waals surface area contributed by atoms with Crippen LogP contribution in [0.3, 0.4) is 0 Å². The summed E-state index contributed by atoms with van der Waals surface area (Å²) in [5.74, 6) is -0.460. The van der Waals surface area contributed by atoms with Crippen molar-refractivity contribution in [3.8, 4) is 0 Å². The Morgan fingerprint density at radius 2 is 2.19 bits per heavy atom. The number of hydrogen-bond donors (Lipinski definition) is 3. The molecule has 0 spiro atoms. The molecule has 16 heavy (non-hydrogen) atoms. The van der Waals surface area contributed by atoms with Crippen LogP contribution in [0.25, 0.3) is 0 Å². The molecule has 0 saturated carbocycles. The lowest BCUT2D eigenvalue weighted by Crippen LogP contribution is -2.20. The first kappa shape index (κ1) is 12.4. The highest BCUT2D eigenvalue weighted by molar-refractivity contribution is 5.99. The Morgan fingerprint density at radius 3 is 2.75 bits per heavy atom. The van der Waals surface area contributed by atoms with Crippen molar-refractivity contribution in [3.05, 3.63) is 23.8 Å². The minimum absolute atomic E-state index is 0.312. The van der Waals surface area contributed by atoms with Gasteiger partial charge in [0.25, 0.3) is 5.91 Å². The fourth-order valence-corrected chi connectivity index (χ4v) is 1.66. The number of benzene rings is 1. The number of nitrogens with two attached hydrogens (primary N) is 2. The summed E-state index contributed by atoms with van der Waals surface area (Å²) in [4.78, 5) is 11.2. The van der Waals surface area contributed by atoms with Crippen LogP contribution in [0.2, 0.25) is 0 Å². The van der Waals surface area contributed by atoms with Crippen molar-refractivity contribution in [2.45, 2.75) is 32.7 Å². The van der Waals surface area contributed by atoms with E-state index in [0.29, 0.717) is 17.3 Å². The van der Waals surface area contributed by atoms with Gasteiger partial charge in [-0.3, -0.25) is 4.79 Å². The number of rotatable bonds is 5. The van der Waals surface area contributed by atoms with Crippen LogP contribution >= 0.6 is 0 Å². The van der Waals surface area contributed by atoms with Gasteiger partial charge in [0.05, 0.1) is 5.56 Å². The number of nitrogen functional groups attached to an aromatic ring is 1. The molecule has 0 aliphatic heterocycles. The number of amides is 1. The largest absolute Gasteiger partial charge is 0.399 e. The highest BCUT2D eigenvalue weighted by Gasteiger charge is 2.10. The van der Waals surface area contributed by atoms with E-state index in [2.05, 4.69) is 19.2 Å². The molecule has 0 unspecified atom stereocenters. The van der Waals surface area contributed by atoms with E-state index in [-0.39, 0.29) is 0 Å². The Bertz CT molecular complexity index is 377. The Balaban J connectivity index is 2.90. The lowest BCUT2D eigenvalue weighted by Gasteiger charge is -2.16. The summed E-state index contributed by atoms with van der Waals surface area (Å²) in [5, 5.41) is 3.26. The van der Waals surface area contributed by atoms with E-state index in [1.165, 1.54) is 0 Å². The second-order valence-electron chi connectivity index (χ2n) is 4.00. The Labute approximate surface area is 96.0 Å². The molecule has 0 radical (unpaired) electrons. The van der Waals surface area contributed by atoms with Gasteiger partial charge in [0.15, 0.2) is 0 Å². The number of carbonyl (C=O) groups is 1. The van der Waals surface area contributed by atoms with Gasteiger partial charge in [-0.1, -0.05) is 13.3 Å². The van der Waals surface area contributed by atoms with Gasteiger partial charge in [0.2, 0.25) is 0 Å². The van der Waals surface area contributed by atoms with E-state index in [1.54, 1.807) is 18.2 Å². The fourth-order valence-electron chi connectivity index (χ4n) is 1.66. The second kappa shape index (κ2) is 5.39. The second-order valence-corrected chi connectivity index (χ2v) is 4.00. The molecule has 1 aromatic carbocycles. The number of hydrogen-bond acceptors (Lipinski definition) is 3. The summed E-state index contributed by atoms with van der Waals surface area (Å²) >= 11 is 0. The maximum atomic E-state index is 11.2. The van der Waals surface area contributed by atoms with Crippen molar-refractivity contribution in [2.75, 3.05) is 11.1 Å². The molecule has 1 atom stereocenters. The minimum atomic E-state index is -0.460. The molecule has 1 aromatic rings. The summed E-state index contributed by atoms with van der Waals surface area (Å²) in [6.45, 7) is 4.20. The SMILES string of the molecule is CCC[C@@H](C)Nc1ccc(N)cc1C(N)=O. The summed E-state index contributed by atoms with van der Waals surface area (Å²) in [6.07, 6.45) is 2.14. The van der Waals surface area contributed by atoms with Crippen LogP contribution in [0.1, 0.15) is 37.0 Å². The molecule has 0 aromatic heterocycles. The van der Waals surface area contributed by atoms with Crippen molar-refractivity contribution in [2.24, 2.45) is 5.73 Å². The van der Waals surface area contributed by atoms with Crippen LogP contribution in [0.5, 0.6) is 0 Å². The Morgan fingerprint density at radius 1 is 1.50 bits per heavy atom. The molecule has 0 aliphatic carbocycles. The third kappa shape index (κ3) is 3.15. The normalized spacial score (nSPS) is 12.1. The number of anilines is 2. The van der Waals surface area contributed by atoms with E-state index in [9.17, 15) is 4.79 Å². The zero-order valence-electron chi connectivity index (χ0n) is 9.79. The van der Waals surface area contributed by atoms with Crippen molar-refractivity contribution in [1.82, 2.24) is 0 Å². The molecule has 0 heterocycles. The lowest BCUT2D eigenvalue weighted by atomic mass is 10.1. The van der Waals surface area contributed by atoms with E-state index in [0.717, 1.165) is 18.5 Å². The Hall–Kier alpha value is -1.71. The molecule has 0 aliphatic rings. The molecule has 0 bridgehead atoms. The molecular formula is C12H19N3O. The smallest absolute Gasteiger partial charge is 0.250 e. The van der Waals surface area contributed by atoms with Gasteiger partial charge in [-0.15, -0.1) is 0 Å². The number of nitrogens with one attached hydrogen (secondary N) is 1. The van der Waals surface area contributed by atoms with Gasteiger partial charge in [-0.05, 0) is 31.5 Å². The summed E-state index contributed by atoms with van der Waals surface area (Å²) in [7, 11) is 0. The number of primary amides is 1. The van der Waals surface area contributed by atoms with Crippen molar-refractivity contribution < 1.29 is 4.79 Å². The first-order valence-electron chi connectivity index (χ1n) is 5.50. The van der Waals surface area contributed by atoms with Gasteiger partial charge in [0, 0.05) is 17.4 Å². The van der Waals surface area contributed by atoms with Crippen LogP contribution in [0.15, 0.2) is 18.2 Å². The molecule has 88 valence electrons. The van der Waals surface area contributed by atoms with Crippen molar-refractivity contribution in [1.29, 1.82) is 0 Å². The van der Waals surface area contributed by atoms with Gasteiger partial charge in [-0.2, -0.15) is 0 Å². The number of carbonyl (C=O) groups excluding carboxylic acids is 1. The van der Waals surface area contributed by atoms with Crippen LogP contribution < -0.4 is 16.8 Å². The predicted molar refractivity (Wildman–Crippen MR) is 67.4 cm³/mol. The predicted octanol–water partition coefficient (Wildman–Crippen LogP) is 1.97. The summed E-state index contributed by atoms with van der Waals surface area (Å²) in [5.41, 5.74) is 12.7. The first-order valence-corrected chi connectivity index (χ1v) is 5.50. The van der Waals surface area contributed by atoms with Crippen LogP contribution in [0.4, 0.5) is 11.4 Å². The fraction of sp³-hybridized carbons (Fsp3) is 0.417. The lowest BCUT2D eigenvalue weighted by molar-refractivity contribution is 0.100. The summed E-state index contributed by atoms with van der Waals surface area (Å²) in [6, 6.07) is 5.46. The monoisotopic (exact) mass is 221 g/mol. The minimum Gasteiger partial charge on any atom is -0.399 e. The highest BCUT2D eigenvalue weighted by atomic mass is 16.1. The standard InChI is InChI=1S/C12H19N3O/c1-3-4-8(2)15-11-6-5-9(13)7-10(11)12(14)16/h5-8,15H,3-4,13H2,1-2H3,(H2,14,16)/t8-/m1/s1. The van der Waals surface area contributed by atoms with E-state index < -0.39 is 5.91 Å². The topological polar surface area (TPSA) is 81.1 Å². The first-order chi connectivity index (χ1) is 7.54. The molecule has 1 rings (SSSR count). The van der Waals surface area contributed by atoms with Gasteiger partial charge < -0.3 is 16.8 Å². The summed E-state index contributed by atoms with van der Waals surface area (Å²) < 4.78 is 0. The van der Waals surface area contributed by atoms with E-state index >= 15 is 0 Å². The van der Waals surface area contributed by atoms with Crippen molar-refractivity contribution >= 4 is 17.3 Å². The van der Waals surface area contributed by atoms with Gasteiger partial charge in [0.1, 0.15) is 0 Å². The highest BCUT2D eigenvalue weighted by Crippen LogP contribution is 2.20. The molecular weight excluding hydrogens is 202 g/mol. The third-order valence-corrected chi connectivity index (χ3v) is 2.43. The maximum Gasteiger partial charge on any atom is 0.250 e. The molecule has 0 saturated heterocycles. The quantitative estimate of drug-likeness (QED) is 0.665. The average molecular weight is 221 g/mol. The maximum absolute atomic E-state index is 11.2. The zero-order valence-corrected chi connectivity index (χ0v) is 9.79. The molecule has 5 N–H and O–H groups in total. The third-order valence-electron chi connectivity index (χ3n) is 2.43. The van der Waals surface area contributed by atoms with Gasteiger partial charge in [-0.25, -0.2) is 0 Å². The van der Waals surface area contributed by atoms with Crippen LogP contribution in [-0.2, 0) is 0 Å². The molecule has 4 nitrogen and oxygen atoms in total. The van der Waals surface area contributed by atoms with Crippen LogP contribution in [-0.4, -0.2) is 11.9 Å². The zero-order chi connectivity index (χ0) is 12.1. The van der Waals surface area contributed by atoms with Crippen molar-refractivity contribution in [3.63, 3.8) is 0 Å². The molecule has 1 amide bonds. The molecule has 4 heteroatoms. The van der Waals surface area contributed by atoms with Crippen LogP contribution in [0, 0.1) is 0 Å². The average Bonchev–Trinajstić information content (AvgIpc) is 2.20.